The first kappa shape index (κ1) is 12.8. The number of hydrogen-bond donors (Lipinski definition) is 1. The Hall–Kier alpha value is -2.26. The zero-order valence-corrected chi connectivity index (χ0v) is 11.7. The second-order valence-corrected chi connectivity index (χ2v) is 4.89. The van der Waals surface area contributed by atoms with Crippen molar-refractivity contribution in [1.29, 1.82) is 0 Å². The standard InChI is InChI=1S/C16H13ClN2O/c1-20-15-5-3-2-4-11(15)16-12-8-10(17)6-7-14(12)19-9-13(16)18/h2-9H,18H2,1H3. The van der Waals surface area contributed by atoms with E-state index in [4.69, 9.17) is 22.1 Å². The van der Waals surface area contributed by atoms with Crippen molar-refractivity contribution in [3.63, 3.8) is 0 Å². The van der Waals surface area contributed by atoms with Crippen LogP contribution in [-0.2, 0) is 0 Å². The van der Waals surface area contributed by atoms with Crippen LogP contribution in [0, 0.1) is 0 Å². The Morgan fingerprint density at radius 2 is 1.95 bits per heavy atom. The van der Waals surface area contributed by atoms with Crippen LogP contribution in [0.25, 0.3) is 22.0 Å². The van der Waals surface area contributed by atoms with Gasteiger partial charge >= 0.3 is 0 Å². The normalized spacial score (nSPS) is 10.7. The van der Waals surface area contributed by atoms with E-state index in [1.54, 1.807) is 13.3 Å². The summed E-state index contributed by atoms with van der Waals surface area (Å²) in [5.41, 5.74) is 9.41. The monoisotopic (exact) mass is 284 g/mol. The molecule has 3 aromatic rings. The molecule has 2 N–H and O–H groups in total. The molecule has 0 atom stereocenters. The number of methoxy groups -OCH3 is 1. The van der Waals surface area contributed by atoms with Crippen LogP contribution in [-0.4, -0.2) is 12.1 Å². The summed E-state index contributed by atoms with van der Waals surface area (Å²) in [6.07, 6.45) is 1.66. The van der Waals surface area contributed by atoms with E-state index in [-0.39, 0.29) is 0 Å². The van der Waals surface area contributed by atoms with E-state index in [2.05, 4.69) is 4.98 Å². The van der Waals surface area contributed by atoms with E-state index >= 15 is 0 Å². The van der Waals surface area contributed by atoms with Crippen LogP contribution in [0.15, 0.2) is 48.7 Å². The predicted octanol–water partition coefficient (Wildman–Crippen LogP) is 4.15. The zero-order chi connectivity index (χ0) is 14.1. The maximum absolute atomic E-state index is 6.13. The van der Waals surface area contributed by atoms with Crippen LogP contribution in [0.5, 0.6) is 5.75 Å². The number of anilines is 1. The highest BCUT2D eigenvalue weighted by Gasteiger charge is 2.13. The first-order chi connectivity index (χ1) is 9.70. The third-order valence-corrected chi connectivity index (χ3v) is 3.47. The molecular formula is C16H13ClN2O. The molecule has 0 aliphatic heterocycles. The molecule has 0 unspecified atom stereocenters. The molecule has 3 nitrogen and oxygen atoms in total. The van der Waals surface area contributed by atoms with Crippen molar-refractivity contribution in [3.8, 4) is 16.9 Å². The average molecular weight is 285 g/mol. The maximum atomic E-state index is 6.13. The maximum Gasteiger partial charge on any atom is 0.126 e. The van der Waals surface area contributed by atoms with E-state index in [0.717, 1.165) is 27.8 Å². The van der Waals surface area contributed by atoms with Gasteiger partial charge in [0, 0.05) is 21.5 Å². The lowest BCUT2D eigenvalue weighted by molar-refractivity contribution is 0.416. The molecule has 0 radical (unpaired) electrons. The third-order valence-electron chi connectivity index (χ3n) is 3.24. The average Bonchev–Trinajstić information content (AvgIpc) is 2.47. The summed E-state index contributed by atoms with van der Waals surface area (Å²) in [6, 6.07) is 13.3. The number of nitrogen functional groups attached to an aromatic ring is 1. The molecule has 0 spiro atoms. The van der Waals surface area contributed by atoms with E-state index in [1.165, 1.54) is 0 Å². The Balaban J connectivity index is 2.40. The van der Waals surface area contributed by atoms with Crippen LogP contribution in [0.4, 0.5) is 5.69 Å². The number of rotatable bonds is 2. The van der Waals surface area contributed by atoms with Gasteiger partial charge in [0.2, 0.25) is 0 Å². The topological polar surface area (TPSA) is 48.1 Å². The molecule has 0 bridgehead atoms. The molecule has 0 saturated carbocycles. The van der Waals surface area contributed by atoms with Gasteiger partial charge in [-0.05, 0) is 24.3 Å². The zero-order valence-electron chi connectivity index (χ0n) is 10.9. The van der Waals surface area contributed by atoms with Crippen molar-refractivity contribution < 1.29 is 4.74 Å². The Morgan fingerprint density at radius 3 is 2.75 bits per heavy atom. The molecule has 1 aromatic heterocycles. The minimum atomic E-state index is 0.601. The van der Waals surface area contributed by atoms with Gasteiger partial charge in [-0.2, -0.15) is 0 Å². The lowest BCUT2D eigenvalue weighted by Crippen LogP contribution is -1.96. The van der Waals surface area contributed by atoms with Gasteiger partial charge in [0.15, 0.2) is 0 Å². The van der Waals surface area contributed by atoms with Gasteiger partial charge in [-0.1, -0.05) is 29.8 Å². The fraction of sp³-hybridized carbons (Fsp3) is 0.0625. The SMILES string of the molecule is COc1ccccc1-c1c(N)cnc2ccc(Cl)cc12. The molecule has 3 rings (SSSR count). The van der Waals surface area contributed by atoms with Crippen LogP contribution < -0.4 is 10.5 Å². The summed E-state index contributed by atoms with van der Waals surface area (Å²) in [7, 11) is 1.64. The van der Waals surface area contributed by atoms with E-state index in [9.17, 15) is 0 Å². The summed E-state index contributed by atoms with van der Waals surface area (Å²) in [6.45, 7) is 0. The Kier molecular flexibility index (Phi) is 3.20. The third kappa shape index (κ3) is 2.06. The molecule has 100 valence electrons. The first-order valence-electron chi connectivity index (χ1n) is 6.18. The van der Waals surface area contributed by atoms with Gasteiger partial charge in [0.05, 0.1) is 24.5 Å². The second kappa shape index (κ2) is 5.02. The molecule has 0 fully saturated rings. The van der Waals surface area contributed by atoms with Crippen LogP contribution in [0.3, 0.4) is 0 Å². The van der Waals surface area contributed by atoms with Crippen LogP contribution in [0.1, 0.15) is 0 Å². The highest BCUT2D eigenvalue weighted by molar-refractivity contribution is 6.31. The Morgan fingerprint density at radius 1 is 1.15 bits per heavy atom. The van der Waals surface area contributed by atoms with Crippen molar-refractivity contribution in [2.24, 2.45) is 0 Å². The van der Waals surface area contributed by atoms with E-state index in [1.807, 2.05) is 42.5 Å². The van der Waals surface area contributed by atoms with E-state index in [0.29, 0.717) is 10.7 Å². The van der Waals surface area contributed by atoms with Crippen LogP contribution >= 0.6 is 11.6 Å². The Bertz CT molecular complexity index is 781. The summed E-state index contributed by atoms with van der Waals surface area (Å²) in [5.74, 6) is 0.770. The highest BCUT2D eigenvalue weighted by Crippen LogP contribution is 2.38. The van der Waals surface area contributed by atoms with Crippen molar-refractivity contribution in [1.82, 2.24) is 4.98 Å². The molecule has 2 aromatic carbocycles. The van der Waals surface area contributed by atoms with Gasteiger partial charge < -0.3 is 10.5 Å². The Labute approximate surface area is 122 Å². The molecular weight excluding hydrogens is 272 g/mol. The lowest BCUT2D eigenvalue weighted by Gasteiger charge is -2.13. The van der Waals surface area contributed by atoms with E-state index < -0.39 is 0 Å². The summed E-state index contributed by atoms with van der Waals surface area (Å²) in [4.78, 5) is 4.34. The van der Waals surface area contributed by atoms with Crippen molar-refractivity contribution >= 4 is 28.2 Å². The van der Waals surface area contributed by atoms with Crippen molar-refractivity contribution in [2.75, 3.05) is 12.8 Å². The lowest BCUT2D eigenvalue weighted by atomic mass is 9.99. The minimum absolute atomic E-state index is 0.601. The van der Waals surface area contributed by atoms with Gasteiger partial charge in [0.1, 0.15) is 5.75 Å². The predicted molar refractivity (Wildman–Crippen MR) is 83.2 cm³/mol. The minimum Gasteiger partial charge on any atom is -0.496 e. The number of fused-ring (bicyclic) bond motifs is 1. The number of halogens is 1. The highest BCUT2D eigenvalue weighted by atomic mass is 35.5. The number of aromatic nitrogens is 1. The fourth-order valence-corrected chi connectivity index (χ4v) is 2.50. The second-order valence-electron chi connectivity index (χ2n) is 4.45. The number of hydrogen-bond acceptors (Lipinski definition) is 3. The van der Waals surface area contributed by atoms with Crippen LogP contribution in [0.2, 0.25) is 5.02 Å². The largest absolute Gasteiger partial charge is 0.496 e. The quantitative estimate of drug-likeness (QED) is 0.769. The first-order valence-corrected chi connectivity index (χ1v) is 6.55. The molecule has 20 heavy (non-hydrogen) atoms. The summed E-state index contributed by atoms with van der Waals surface area (Å²) in [5, 5.41) is 1.57. The molecule has 1 heterocycles. The van der Waals surface area contributed by atoms with Gasteiger partial charge in [-0.15, -0.1) is 0 Å². The fourth-order valence-electron chi connectivity index (χ4n) is 2.33. The molecule has 0 aliphatic rings. The number of nitrogens with zero attached hydrogens (tertiary/aromatic N) is 1. The molecule has 0 amide bonds. The molecule has 0 aliphatic carbocycles. The number of benzene rings is 2. The van der Waals surface area contributed by atoms with Gasteiger partial charge in [-0.25, -0.2) is 0 Å². The molecule has 0 saturated heterocycles. The summed E-state index contributed by atoms with van der Waals surface area (Å²) < 4.78 is 5.42. The van der Waals surface area contributed by atoms with Crippen molar-refractivity contribution in [2.45, 2.75) is 0 Å². The number of ether oxygens (including phenoxy) is 1. The van der Waals surface area contributed by atoms with Crippen molar-refractivity contribution in [3.05, 3.63) is 53.7 Å². The van der Waals surface area contributed by atoms with Gasteiger partial charge in [-0.3, -0.25) is 4.98 Å². The van der Waals surface area contributed by atoms with Gasteiger partial charge in [0.25, 0.3) is 0 Å². The smallest absolute Gasteiger partial charge is 0.126 e. The number of nitrogens with two attached hydrogens (primary N) is 1. The molecule has 4 heteroatoms. The summed E-state index contributed by atoms with van der Waals surface area (Å²) >= 11 is 6.10. The number of para-hydroxylation sites is 1. The number of pyridine rings is 1.